The van der Waals surface area contributed by atoms with Gasteiger partial charge >= 0.3 is 0 Å². The number of amides is 1. The Kier molecular flexibility index (Phi) is 6.86. The first kappa shape index (κ1) is 19.1. The molecule has 1 aliphatic heterocycles. The summed E-state index contributed by atoms with van der Waals surface area (Å²) in [5, 5.41) is 7.06. The molecule has 0 bridgehead atoms. The molecular formula is C20H32N4O2. The van der Waals surface area contributed by atoms with Crippen molar-refractivity contribution in [2.75, 3.05) is 32.7 Å². The van der Waals surface area contributed by atoms with E-state index in [9.17, 15) is 4.79 Å². The zero-order valence-electron chi connectivity index (χ0n) is 16.2. The third-order valence-electron chi connectivity index (χ3n) is 5.52. The lowest BCUT2D eigenvalue weighted by atomic mass is 9.97. The highest BCUT2D eigenvalue weighted by Gasteiger charge is 2.25. The molecule has 1 saturated heterocycles. The molecule has 0 radical (unpaired) electrons. The van der Waals surface area contributed by atoms with Gasteiger partial charge in [-0.15, -0.1) is 0 Å². The van der Waals surface area contributed by atoms with Crippen LogP contribution in [0.25, 0.3) is 0 Å². The largest absolute Gasteiger partial charge is 0.360 e. The number of carbonyl (C=O) groups is 1. The molecule has 1 amide bonds. The third kappa shape index (κ3) is 5.42. The molecule has 1 unspecified atom stereocenters. The second-order valence-corrected chi connectivity index (χ2v) is 7.57. The smallest absolute Gasteiger partial charge is 0.237 e. The highest BCUT2D eigenvalue weighted by molar-refractivity contribution is 5.81. The van der Waals surface area contributed by atoms with Crippen molar-refractivity contribution in [1.29, 1.82) is 0 Å². The molecule has 1 N–H and O–H groups in total. The van der Waals surface area contributed by atoms with E-state index in [2.05, 4.69) is 26.3 Å². The van der Waals surface area contributed by atoms with Crippen LogP contribution in [0.15, 0.2) is 22.2 Å². The minimum absolute atomic E-state index is 0.0648. The number of aryl methyl sites for hydroxylation is 1. The molecular weight excluding hydrogens is 328 g/mol. The summed E-state index contributed by atoms with van der Waals surface area (Å²) in [6, 6.07) is 1.93. The van der Waals surface area contributed by atoms with E-state index >= 15 is 0 Å². The maximum atomic E-state index is 12.5. The molecule has 1 fully saturated rings. The molecule has 144 valence electrons. The van der Waals surface area contributed by atoms with Crippen molar-refractivity contribution < 1.29 is 9.32 Å². The summed E-state index contributed by atoms with van der Waals surface area (Å²) in [6.07, 6.45) is 8.38. The summed E-state index contributed by atoms with van der Waals surface area (Å²) in [7, 11) is 0. The van der Waals surface area contributed by atoms with E-state index in [1.54, 1.807) is 0 Å². The SMILES string of the molecule is Cc1cc(CN2CCN(C(C)C(=O)NCCC3=CCCCC3)CC2)on1. The molecule has 6 nitrogen and oxygen atoms in total. The summed E-state index contributed by atoms with van der Waals surface area (Å²) >= 11 is 0. The van der Waals surface area contributed by atoms with Crippen molar-refractivity contribution in [2.45, 2.75) is 58.5 Å². The minimum Gasteiger partial charge on any atom is -0.360 e. The number of hydrogen-bond donors (Lipinski definition) is 1. The average molecular weight is 361 g/mol. The molecule has 0 aromatic carbocycles. The van der Waals surface area contributed by atoms with Gasteiger partial charge in [-0.05, 0) is 46.0 Å². The number of nitrogens with one attached hydrogen (secondary N) is 1. The van der Waals surface area contributed by atoms with Gasteiger partial charge in [0.15, 0.2) is 5.76 Å². The molecule has 1 aromatic rings. The molecule has 2 aliphatic rings. The fourth-order valence-corrected chi connectivity index (χ4v) is 3.81. The van der Waals surface area contributed by atoms with E-state index in [-0.39, 0.29) is 11.9 Å². The topological polar surface area (TPSA) is 61.6 Å². The molecule has 1 atom stereocenters. The molecule has 6 heteroatoms. The predicted octanol–water partition coefficient (Wildman–Crippen LogP) is 2.50. The van der Waals surface area contributed by atoms with E-state index in [1.807, 2.05) is 19.9 Å². The number of allylic oxidation sites excluding steroid dienone is 1. The Morgan fingerprint density at radius 2 is 2.12 bits per heavy atom. The van der Waals surface area contributed by atoms with Gasteiger partial charge in [-0.2, -0.15) is 0 Å². The maximum Gasteiger partial charge on any atom is 0.237 e. The van der Waals surface area contributed by atoms with Crippen LogP contribution in [0.2, 0.25) is 0 Å². The fraction of sp³-hybridized carbons (Fsp3) is 0.700. The number of carbonyl (C=O) groups excluding carboxylic acids is 1. The Labute approximate surface area is 156 Å². The van der Waals surface area contributed by atoms with Crippen molar-refractivity contribution in [2.24, 2.45) is 0 Å². The zero-order valence-corrected chi connectivity index (χ0v) is 16.2. The van der Waals surface area contributed by atoms with E-state index in [4.69, 9.17) is 4.52 Å². The lowest BCUT2D eigenvalue weighted by Crippen LogP contribution is -2.53. The lowest BCUT2D eigenvalue weighted by molar-refractivity contribution is -0.126. The molecule has 1 aliphatic carbocycles. The first-order chi connectivity index (χ1) is 12.6. The maximum absolute atomic E-state index is 12.5. The van der Waals surface area contributed by atoms with Crippen molar-refractivity contribution in [3.8, 4) is 0 Å². The number of hydrogen-bond acceptors (Lipinski definition) is 5. The van der Waals surface area contributed by atoms with Gasteiger partial charge in [0.25, 0.3) is 0 Å². The Morgan fingerprint density at radius 3 is 2.77 bits per heavy atom. The van der Waals surface area contributed by atoms with Crippen molar-refractivity contribution in [1.82, 2.24) is 20.3 Å². The van der Waals surface area contributed by atoms with Gasteiger partial charge < -0.3 is 9.84 Å². The lowest BCUT2D eigenvalue weighted by Gasteiger charge is -2.37. The minimum atomic E-state index is -0.0648. The Hall–Kier alpha value is -1.66. The molecule has 0 spiro atoms. The summed E-state index contributed by atoms with van der Waals surface area (Å²) in [6.45, 7) is 9.24. The van der Waals surface area contributed by atoms with Gasteiger partial charge in [0.05, 0.1) is 18.3 Å². The zero-order chi connectivity index (χ0) is 18.4. The van der Waals surface area contributed by atoms with Crippen LogP contribution < -0.4 is 5.32 Å². The fourth-order valence-electron chi connectivity index (χ4n) is 3.81. The Bertz CT molecular complexity index is 617. The van der Waals surface area contributed by atoms with Gasteiger partial charge in [-0.1, -0.05) is 16.8 Å². The Balaban J connectivity index is 1.36. The third-order valence-corrected chi connectivity index (χ3v) is 5.52. The normalized spacial score (nSPS) is 20.6. The number of nitrogens with zero attached hydrogens (tertiary/aromatic N) is 3. The van der Waals surface area contributed by atoms with Gasteiger partial charge in [-0.3, -0.25) is 14.6 Å². The van der Waals surface area contributed by atoms with Crippen LogP contribution in [0.4, 0.5) is 0 Å². The number of rotatable bonds is 7. The molecule has 2 heterocycles. The van der Waals surface area contributed by atoms with Crippen LogP contribution >= 0.6 is 0 Å². The van der Waals surface area contributed by atoms with E-state index in [0.717, 1.165) is 57.1 Å². The van der Waals surface area contributed by atoms with Crippen molar-refractivity contribution >= 4 is 5.91 Å². The second-order valence-electron chi connectivity index (χ2n) is 7.57. The van der Waals surface area contributed by atoms with E-state index in [0.29, 0.717) is 0 Å². The number of aromatic nitrogens is 1. The van der Waals surface area contributed by atoms with Crippen LogP contribution in [0.3, 0.4) is 0 Å². The quantitative estimate of drug-likeness (QED) is 0.757. The highest BCUT2D eigenvalue weighted by atomic mass is 16.5. The van der Waals surface area contributed by atoms with Crippen LogP contribution in [0.1, 0.15) is 50.5 Å². The van der Waals surface area contributed by atoms with Gasteiger partial charge in [0.1, 0.15) is 0 Å². The summed E-state index contributed by atoms with van der Waals surface area (Å²) in [4.78, 5) is 17.1. The van der Waals surface area contributed by atoms with Gasteiger partial charge in [0.2, 0.25) is 5.91 Å². The van der Waals surface area contributed by atoms with Crippen LogP contribution in [-0.4, -0.2) is 59.6 Å². The first-order valence-electron chi connectivity index (χ1n) is 9.96. The molecule has 1 aromatic heterocycles. The Morgan fingerprint density at radius 1 is 1.31 bits per heavy atom. The standard InChI is InChI=1S/C20H32N4O2/c1-16-14-19(26-22-16)15-23-10-12-24(13-11-23)17(2)20(25)21-9-8-18-6-4-3-5-7-18/h6,14,17H,3-5,7-13,15H2,1-2H3,(H,21,25). The van der Waals surface area contributed by atoms with E-state index < -0.39 is 0 Å². The van der Waals surface area contributed by atoms with Crippen molar-refractivity contribution in [3.63, 3.8) is 0 Å². The average Bonchev–Trinajstić information content (AvgIpc) is 3.07. The molecule has 3 rings (SSSR count). The molecule has 0 saturated carbocycles. The van der Waals surface area contributed by atoms with Crippen molar-refractivity contribution in [3.05, 3.63) is 29.2 Å². The highest BCUT2D eigenvalue weighted by Crippen LogP contribution is 2.19. The van der Waals surface area contributed by atoms with Crippen LogP contribution in [0, 0.1) is 6.92 Å². The number of piperazine rings is 1. The predicted molar refractivity (Wildman–Crippen MR) is 102 cm³/mol. The van der Waals surface area contributed by atoms with Crippen LogP contribution in [0.5, 0.6) is 0 Å². The van der Waals surface area contributed by atoms with E-state index in [1.165, 1.54) is 31.3 Å². The molecule has 26 heavy (non-hydrogen) atoms. The van der Waals surface area contributed by atoms with Gasteiger partial charge in [0, 0.05) is 38.8 Å². The monoisotopic (exact) mass is 360 g/mol. The van der Waals surface area contributed by atoms with Gasteiger partial charge in [-0.25, -0.2) is 0 Å². The summed E-state index contributed by atoms with van der Waals surface area (Å²) < 4.78 is 5.30. The summed E-state index contributed by atoms with van der Waals surface area (Å²) in [5.74, 6) is 1.07. The second kappa shape index (κ2) is 9.33. The first-order valence-corrected chi connectivity index (χ1v) is 9.96. The van der Waals surface area contributed by atoms with Crippen LogP contribution in [-0.2, 0) is 11.3 Å². The summed E-state index contributed by atoms with van der Waals surface area (Å²) in [5.41, 5.74) is 2.44.